The number of anilines is 2. The van der Waals surface area contributed by atoms with Crippen molar-refractivity contribution in [2.45, 2.75) is 32.1 Å². The zero-order valence-corrected chi connectivity index (χ0v) is 10.3. The highest BCUT2D eigenvalue weighted by atomic mass is 19.1. The van der Waals surface area contributed by atoms with Crippen LogP contribution in [0.3, 0.4) is 0 Å². The van der Waals surface area contributed by atoms with Crippen LogP contribution in [0.25, 0.3) is 0 Å². The largest absolute Gasteiger partial charge is 0.395 e. The maximum atomic E-state index is 13.2. The third-order valence-corrected chi connectivity index (χ3v) is 3.24. The van der Waals surface area contributed by atoms with Crippen molar-refractivity contribution in [3.63, 3.8) is 0 Å². The van der Waals surface area contributed by atoms with Gasteiger partial charge in [0.2, 0.25) is 0 Å². The van der Waals surface area contributed by atoms with Crippen molar-refractivity contribution in [3.8, 4) is 0 Å². The number of rotatable bonds is 4. The molecule has 0 aliphatic heterocycles. The average Bonchev–Trinajstić information content (AvgIpc) is 2.36. The molecule has 3 N–H and O–H groups in total. The quantitative estimate of drug-likeness (QED) is 0.631. The fourth-order valence-electron chi connectivity index (χ4n) is 2.22. The Bertz CT molecular complexity index is 455. The maximum Gasteiger partial charge on any atom is 0.151 e. The molecule has 0 saturated carbocycles. The molecule has 0 unspecified atom stereocenters. The second-order valence-electron chi connectivity index (χ2n) is 4.63. The van der Waals surface area contributed by atoms with Gasteiger partial charge in [0.15, 0.2) is 5.82 Å². The van der Waals surface area contributed by atoms with Crippen LogP contribution in [0.5, 0.6) is 0 Å². The minimum Gasteiger partial charge on any atom is -0.395 e. The van der Waals surface area contributed by atoms with E-state index in [9.17, 15) is 8.78 Å². The fourth-order valence-corrected chi connectivity index (χ4v) is 2.22. The van der Waals surface area contributed by atoms with E-state index in [1.54, 1.807) is 0 Å². The Kier molecular flexibility index (Phi) is 4.18. The van der Waals surface area contributed by atoms with Gasteiger partial charge >= 0.3 is 0 Å². The van der Waals surface area contributed by atoms with Crippen LogP contribution in [0.2, 0.25) is 0 Å². The van der Waals surface area contributed by atoms with Crippen molar-refractivity contribution in [2.24, 2.45) is 0 Å². The first kappa shape index (κ1) is 12.9. The van der Waals surface area contributed by atoms with Crippen molar-refractivity contribution in [1.82, 2.24) is 0 Å². The van der Waals surface area contributed by atoms with Crippen molar-refractivity contribution < 1.29 is 8.78 Å². The molecule has 98 valence electrons. The van der Waals surface area contributed by atoms with Crippen molar-refractivity contribution in [1.29, 1.82) is 0 Å². The van der Waals surface area contributed by atoms with Crippen LogP contribution in [0, 0.1) is 11.6 Å². The van der Waals surface area contributed by atoms with E-state index < -0.39 is 11.6 Å². The lowest BCUT2D eigenvalue weighted by Gasteiger charge is -2.14. The molecule has 0 amide bonds. The summed E-state index contributed by atoms with van der Waals surface area (Å²) in [5, 5.41) is 3.00. The van der Waals surface area contributed by atoms with Gasteiger partial charge in [0.25, 0.3) is 0 Å². The molecule has 0 atom stereocenters. The highest BCUT2D eigenvalue weighted by molar-refractivity contribution is 5.66. The van der Waals surface area contributed by atoms with Crippen LogP contribution in [-0.4, -0.2) is 6.54 Å². The van der Waals surface area contributed by atoms with E-state index >= 15 is 0 Å². The number of nitrogens with one attached hydrogen (secondary N) is 1. The summed E-state index contributed by atoms with van der Waals surface area (Å²) in [5.74, 6) is -1.32. The van der Waals surface area contributed by atoms with Crippen LogP contribution >= 0.6 is 0 Å². The van der Waals surface area contributed by atoms with E-state index in [0.29, 0.717) is 12.2 Å². The minimum absolute atomic E-state index is 0.0194. The van der Waals surface area contributed by atoms with Gasteiger partial charge < -0.3 is 11.1 Å². The van der Waals surface area contributed by atoms with E-state index in [1.165, 1.54) is 24.5 Å². The Balaban J connectivity index is 1.92. The Labute approximate surface area is 106 Å². The van der Waals surface area contributed by atoms with E-state index in [1.807, 2.05) is 0 Å². The third-order valence-electron chi connectivity index (χ3n) is 3.24. The summed E-state index contributed by atoms with van der Waals surface area (Å²) in [6, 6.07) is 2.03. The average molecular weight is 252 g/mol. The van der Waals surface area contributed by atoms with Crippen LogP contribution < -0.4 is 11.1 Å². The predicted molar refractivity (Wildman–Crippen MR) is 70.4 cm³/mol. The first-order valence-corrected chi connectivity index (χ1v) is 6.33. The molecule has 4 heteroatoms. The van der Waals surface area contributed by atoms with Gasteiger partial charge in [-0.1, -0.05) is 11.6 Å². The number of nitrogens with two attached hydrogens (primary N) is 1. The summed E-state index contributed by atoms with van der Waals surface area (Å²) >= 11 is 0. The summed E-state index contributed by atoms with van der Waals surface area (Å²) in [7, 11) is 0. The Morgan fingerprint density at radius 3 is 2.78 bits per heavy atom. The van der Waals surface area contributed by atoms with Gasteiger partial charge in [0, 0.05) is 12.6 Å². The number of hydrogen-bond acceptors (Lipinski definition) is 2. The summed E-state index contributed by atoms with van der Waals surface area (Å²) in [4.78, 5) is 0. The van der Waals surface area contributed by atoms with Crippen molar-refractivity contribution in [3.05, 3.63) is 35.4 Å². The van der Waals surface area contributed by atoms with Crippen molar-refractivity contribution in [2.75, 3.05) is 17.6 Å². The van der Waals surface area contributed by atoms with Crippen LogP contribution in [0.4, 0.5) is 20.2 Å². The van der Waals surface area contributed by atoms with Crippen molar-refractivity contribution >= 4 is 11.4 Å². The molecule has 0 spiro atoms. The molecule has 0 bridgehead atoms. The molecule has 2 rings (SSSR count). The zero-order chi connectivity index (χ0) is 13.0. The molecule has 1 aromatic rings. The number of allylic oxidation sites excluding steroid dienone is 1. The van der Waals surface area contributed by atoms with Gasteiger partial charge in [-0.2, -0.15) is 0 Å². The van der Waals surface area contributed by atoms with E-state index in [-0.39, 0.29) is 5.69 Å². The molecular formula is C14H18F2N2. The SMILES string of the molecule is Nc1c(F)cc(F)cc1NCCC1=CCCCC1. The first-order chi connectivity index (χ1) is 8.66. The molecule has 1 aromatic carbocycles. The lowest BCUT2D eigenvalue weighted by Crippen LogP contribution is -2.07. The molecule has 1 aliphatic carbocycles. The molecule has 0 aromatic heterocycles. The van der Waals surface area contributed by atoms with Crippen LogP contribution in [-0.2, 0) is 0 Å². The van der Waals surface area contributed by atoms with Crippen LogP contribution in [0.1, 0.15) is 32.1 Å². The Hall–Kier alpha value is -1.58. The van der Waals surface area contributed by atoms with Gasteiger partial charge in [-0.15, -0.1) is 0 Å². The zero-order valence-electron chi connectivity index (χ0n) is 10.3. The van der Waals surface area contributed by atoms with Gasteiger partial charge in [-0.3, -0.25) is 0 Å². The normalized spacial score (nSPS) is 15.3. The molecular weight excluding hydrogens is 234 g/mol. The maximum absolute atomic E-state index is 13.2. The molecule has 1 aliphatic rings. The molecule has 2 nitrogen and oxygen atoms in total. The number of halogens is 2. The Morgan fingerprint density at radius 2 is 2.06 bits per heavy atom. The standard InChI is InChI=1S/C14H18F2N2/c15-11-8-12(16)14(17)13(9-11)18-7-6-10-4-2-1-3-5-10/h4,8-9,18H,1-3,5-7,17H2. The van der Waals surface area contributed by atoms with Crippen LogP contribution in [0.15, 0.2) is 23.8 Å². The number of nitrogen functional groups attached to an aromatic ring is 1. The number of hydrogen-bond donors (Lipinski definition) is 2. The monoisotopic (exact) mass is 252 g/mol. The molecule has 0 saturated heterocycles. The topological polar surface area (TPSA) is 38.0 Å². The van der Waals surface area contributed by atoms with Gasteiger partial charge in [0.1, 0.15) is 5.82 Å². The number of benzene rings is 1. The van der Waals surface area contributed by atoms with Gasteiger partial charge in [0.05, 0.1) is 11.4 Å². The van der Waals surface area contributed by atoms with E-state index in [2.05, 4.69) is 11.4 Å². The van der Waals surface area contributed by atoms with Gasteiger partial charge in [-0.25, -0.2) is 8.78 Å². The fraction of sp³-hybridized carbons (Fsp3) is 0.429. The summed E-state index contributed by atoms with van der Waals surface area (Å²) in [6.45, 7) is 0.652. The highest BCUT2D eigenvalue weighted by Gasteiger charge is 2.08. The second-order valence-corrected chi connectivity index (χ2v) is 4.63. The predicted octanol–water partition coefficient (Wildman–Crippen LogP) is 3.85. The summed E-state index contributed by atoms with van der Waals surface area (Å²) < 4.78 is 26.2. The lowest BCUT2D eigenvalue weighted by molar-refractivity contribution is 0.587. The van der Waals surface area contributed by atoms with Gasteiger partial charge in [-0.05, 0) is 38.2 Å². The summed E-state index contributed by atoms with van der Waals surface area (Å²) in [6.07, 6.45) is 7.94. The smallest absolute Gasteiger partial charge is 0.151 e. The Morgan fingerprint density at radius 1 is 1.22 bits per heavy atom. The molecule has 18 heavy (non-hydrogen) atoms. The second kappa shape index (κ2) is 5.85. The molecule has 0 fully saturated rings. The highest BCUT2D eigenvalue weighted by Crippen LogP contribution is 2.24. The van der Waals surface area contributed by atoms with E-state index in [0.717, 1.165) is 25.3 Å². The molecule has 0 heterocycles. The minimum atomic E-state index is -0.714. The first-order valence-electron chi connectivity index (χ1n) is 6.33. The van der Waals surface area contributed by atoms with E-state index in [4.69, 9.17) is 5.73 Å². The lowest BCUT2D eigenvalue weighted by atomic mass is 9.97. The molecule has 0 radical (unpaired) electrons. The summed E-state index contributed by atoms with van der Waals surface area (Å²) in [5.41, 5.74) is 7.29. The third kappa shape index (κ3) is 3.22.